The number of nitrogens with zero attached hydrogens (tertiary/aromatic N) is 1. The monoisotopic (exact) mass is 344 g/mol. The van der Waals surface area contributed by atoms with Crippen LogP contribution in [0, 0.1) is 0 Å². The van der Waals surface area contributed by atoms with Gasteiger partial charge < -0.3 is 19.4 Å². The van der Waals surface area contributed by atoms with Crippen LogP contribution in [-0.4, -0.2) is 42.4 Å². The van der Waals surface area contributed by atoms with Crippen LogP contribution in [0.4, 0.5) is 0 Å². The van der Waals surface area contributed by atoms with Crippen LogP contribution in [-0.2, 0) is 27.2 Å². The molecule has 2 heterocycles. The van der Waals surface area contributed by atoms with E-state index in [4.69, 9.17) is 9.47 Å². The number of benzene rings is 1. The van der Waals surface area contributed by atoms with Crippen LogP contribution in [0.2, 0.25) is 0 Å². The first-order valence-corrected chi connectivity index (χ1v) is 8.97. The third-order valence-electron chi connectivity index (χ3n) is 4.82. The predicted molar refractivity (Wildman–Crippen MR) is 98.7 cm³/mol. The number of carbonyl (C=O) groups is 1. The molecule has 0 saturated carbocycles. The molecule has 5 heteroatoms. The number of para-hydroxylation sites is 1. The van der Waals surface area contributed by atoms with Crippen LogP contribution in [0.25, 0.3) is 10.9 Å². The summed E-state index contributed by atoms with van der Waals surface area (Å²) in [5.41, 5.74) is 2.05. The zero-order chi connectivity index (χ0) is 17.9. The molecular formula is C20H28N2O3. The summed E-state index contributed by atoms with van der Waals surface area (Å²) in [6, 6.07) is 8.41. The fourth-order valence-corrected chi connectivity index (χ4v) is 3.65. The standard InChI is InChI=1S/C20H28N2O3/c1-20(2)13-16(8-10-25-20)21-19(23)12-15-14-22(9-11-24-3)18-7-5-4-6-17(15)18/h4-7,14,16H,8-13H2,1-3H3,(H,21,23)/t16-/m1/s1. The first kappa shape index (κ1) is 18.0. The molecule has 0 unspecified atom stereocenters. The van der Waals surface area contributed by atoms with E-state index in [-0.39, 0.29) is 17.6 Å². The highest BCUT2D eigenvalue weighted by molar-refractivity contribution is 5.89. The molecule has 3 rings (SSSR count). The Labute approximate surface area is 149 Å². The summed E-state index contributed by atoms with van der Waals surface area (Å²) in [4.78, 5) is 12.6. The highest BCUT2D eigenvalue weighted by Gasteiger charge is 2.29. The van der Waals surface area contributed by atoms with Crippen molar-refractivity contribution in [3.05, 3.63) is 36.0 Å². The minimum Gasteiger partial charge on any atom is -0.383 e. The fourth-order valence-electron chi connectivity index (χ4n) is 3.65. The van der Waals surface area contributed by atoms with Crippen molar-refractivity contribution in [2.45, 2.75) is 51.3 Å². The summed E-state index contributed by atoms with van der Waals surface area (Å²) in [5, 5.41) is 4.33. The number of fused-ring (bicyclic) bond motifs is 1. The second-order valence-corrected chi connectivity index (χ2v) is 7.40. The summed E-state index contributed by atoms with van der Waals surface area (Å²) in [7, 11) is 1.70. The summed E-state index contributed by atoms with van der Waals surface area (Å²) < 4.78 is 13.1. The maximum absolute atomic E-state index is 12.6. The Balaban J connectivity index is 1.70. The molecule has 136 valence electrons. The smallest absolute Gasteiger partial charge is 0.224 e. The first-order valence-electron chi connectivity index (χ1n) is 8.97. The number of methoxy groups -OCH3 is 1. The highest BCUT2D eigenvalue weighted by Crippen LogP contribution is 2.25. The van der Waals surface area contributed by atoms with Gasteiger partial charge in [0.2, 0.25) is 5.91 Å². The Morgan fingerprint density at radius 3 is 2.96 bits per heavy atom. The largest absolute Gasteiger partial charge is 0.383 e. The third kappa shape index (κ3) is 4.41. The van der Waals surface area contributed by atoms with E-state index >= 15 is 0 Å². The second kappa shape index (κ2) is 7.58. The Morgan fingerprint density at radius 1 is 1.40 bits per heavy atom. The summed E-state index contributed by atoms with van der Waals surface area (Å²) in [6.07, 6.45) is 4.22. The normalized spacial score (nSPS) is 19.9. The first-order chi connectivity index (χ1) is 12.0. The fraction of sp³-hybridized carbons (Fsp3) is 0.550. The van der Waals surface area contributed by atoms with Gasteiger partial charge in [0.15, 0.2) is 0 Å². The molecule has 1 fully saturated rings. The Morgan fingerprint density at radius 2 is 2.20 bits per heavy atom. The van der Waals surface area contributed by atoms with Gasteiger partial charge in [0.1, 0.15) is 0 Å². The van der Waals surface area contributed by atoms with Gasteiger partial charge in [0.05, 0.1) is 18.6 Å². The molecule has 1 aromatic carbocycles. The summed E-state index contributed by atoms with van der Waals surface area (Å²) in [5.74, 6) is 0.0809. The number of hydrogen-bond acceptors (Lipinski definition) is 3. The van der Waals surface area contributed by atoms with Crippen molar-refractivity contribution in [2.24, 2.45) is 0 Å². The van der Waals surface area contributed by atoms with E-state index in [1.54, 1.807) is 7.11 Å². The lowest BCUT2D eigenvalue weighted by Gasteiger charge is -2.35. The number of nitrogens with one attached hydrogen (secondary N) is 1. The molecule has 0 radical (unpaired) electrons. The summed E-state index contributed by atoms with van der Waals surface area (Å²) in [6.45, 7) is 6.30. The highest BCUT2D eigenvalue weighted by atomic mass is 16.5. The minimum absolute atomic E-state index is 0.0809. The maximum atomic E-state index is 12.6. The zero-order valence-electron chi connectivity index (χ0n) is 15.4. The van der Waals surface area contributed by atoms with Crippen LogP contribution in [0.1, 0.15) is 32.3 Å². The van der Waals surface area contributed by atoms with Crippen molar-refractivity contribution in [3.8, 4) is 0 Å². The molecule has 1 aliphatic heterocycles. The lowest BCUT2D eigenvalue weighted by molar-refractivity contribution is -0.123. The maximum Gasteiger partial charge on any atom is 0.224 e. The predicted octanol–water partition coefficient (Wildman–Crippen LogP) is 2.90. The van der Waals surface area contributed by atoms with Crippen molar-refractivity contribution in [3.63, 3.8) is 0 Å². The number of carbonyl (C=O) groups excluding carboxylic acids is 1. The van der Waals surface area contributed by atoms with Crippen LogP contribution >= 0.6 is 0 Å². The van der Waals surface area contributed by atoms with E-state index < -0.39 is 0 Å². The molecule has 0 aliphatic carbocycles. The van der Waals surface area contributed by atoms with E-state index in [0.29, 0.717) is 19.6 Å². The number of aromatic nitrogens is 1. The van der Waals surface area contributed by atoms with Crippen molar-refractivity contribution < 1.29 is 14.3 Å². The SMILES string of the molecule is COCCn1cc(CC(=O)N[C@@H]2CCOC(C)(C)C2)c2ccccc21. The van der Waals surface area contributed by atoms with Crippen molar-refractivity contribution in [1.82, 2.24) is 9.88 Å². The molecule has 1 amide bonds. The average molecular weight is 344 g/mol. The van der Waals surface area contributed by atoms with Gasteiger partial charge in [-0.3, -0.25) is 4.79 Å². The van der Waals surface area contributed by atoms with Crippen molar-refractivity contribution in [1.29, 1.82) is 0 Å². The van der Waals surface area contributed by atoms with E-state index in [2.05, 4.69) is 42.1 Å². The van der Waals surface area contributed by atoms with Gasteiger partial charge in [0.25, 0.3) is 0 Å². The van der Waals surface area contributed by atoms with Crippen LogP contribution in [0.3, 0.4) is 0 Å². The number of rotatable bonds is 6. The molecule has 25 heavy (non-hydrogen) atoms. The molecule has 2 aromatic rings. The molecule has 1 N–H and O–H groups in total. The molecule has 5 nitrogen and oxygen atoms in total. The Kier molecular flexibility index (Phi) is 5.45. The third-order valence-corrected chi connectivity index (χ3v) is 4.82. The van der Waals surface area contributed by atoms with Gasteiger partial charge in [0, 0.05) is 43.4 Å². The number of hydrogen-bond donors (Lipinski definition) is 1. The molecule has 1 saturated heterocycles. The van der Waals surface area contributed by atoms with Crippen LogP contribution < -0.4 is 5.32 Å². The van der Waals surface area contributed by atoms with Gasteiger partial charge in [-0.1, -0.05) is 18.2 Å². The van der Waals surface area contributed by atoms with Crippen molar-refractivity contribution in [2.75, 3.05) is 20.3 Å². The average Bonchev–Trinajstić information content (AvgIpc) is 2.90. The van der Waals surface area contributed by atoms with Gasteiger partial charge in [-0.2, -0.15) is 0 Å². The summed E-state index contributed by atoms with van der Waals surface area (Å²) >= 11 is 0. The van der Waals surface area contributed by atoms with E-state index in [1.807, 2.05) is 12.1 Å². The van der Waals surface area contributed by atoms with Gasteiger partial charge in [-0.05, 0) is 38.3 Å². The van der Waals surface area contributed by atoms with Crippen LogP contribution in [0.15, 0.2) is 30.5 Å². The van der Waals surface area contributed by atoms with Gasteiger partial charge in [-0.25, -0.2) is 0 Å². The van der Waals surface area contributed by atoms with E-state index in [1.165, 1.54) is 0 Å². The minimum atomic E-state index is -0.160. The van der Waals surface area contributed by atoms with Gasteiger partial charge >= 0.3 is 0 Å². The molecule has 0 spiro atoms. The molecule has 1 aliphatic rings. The van der Waals surface area contributed by atoms with Gasteiger partial charge in [-0.15, -0.1) is 0 Å². The lowest BCUT2D eigenvalue weighted by atomic mass is 9.94. The number of amides is 1. The molecular weight excluding hydrogens is 316 g/mol. The topological polar surface area (TPSA) is 52.5 Å². The van der Waals surface area contributed by atoms with E-state index in [0.717, 1.165) is 35.9 Å². The number of ether oxygens (including phenoxy) is 2. The Hall–Kier alpha value is -1.85. The Bertz CT molecular complexity index is 736. The zero-order valence-corrected chi connectivity index (χ0v) is 15.4. The molecule has 0 bridgehead atoms. The quantitative estimate of drug-likeness (QED) is 0.877. The van der Waals surface area contributed by atoms with Crippen molar-refractivity contribution >= 4 is 16.8 Å². The molecule has 1 atom stereocenters. The second-order valence-electron chi connectivity index (χ2n) is 7.40. The van der Waals surface area contributed by atoms with Crippen LogP contribution in [0.5, 0.6) is 0 Å². The lowest BCUT2D eigenvalue weighted by Crippen LogP contribution is -2.46. The van der Waals surface area contributed by atoms with E-state index in [9.17, 15) is 4.79 Å². The molecule has 1 aromatic heterocycles.